The zero-order chi connectivity index (χ0) is 12.6. The molecule has 1 saturated heterocycles. The number of hydrogen-bond donors (Lipinski definition) is 2. The van der Waals surface area contributed by atoms with Crippen molar-refractivity contribution in [1.29, 1.82) is 0 Å². The average molecular weight is 261 g/mol. The van der Waals surface area contributed by atoms with Gasteiger partial charge in [0.2, 0.25) is 0 Å². The van der Waals surface area contributed by atoms with Gasteiger partial charge < -0.3 is 15.1 Å². The lowest BCUT2D eigenvalue weighted by atomic mass is 10.2. The third-order valence-electron chi connectivity index (χ3n) is 2.58. The zero-order valence-corrected chi connectivity index (χ0v) is 9.43. The van der Waals surface area contributed by atoms with Gasteiger partial charge in [-0.1, -0.05) is 11.6 Å². The van der Waals surface area contributed by atoms with Crippen LogP contribution in [0.4, 0.5) is 4.39 Å². The first-order chi connectivity index (χ1) is 7.99. The van der Waals surface area contributed by atoms with Crippen LogP contribution in [0.2, 0.25) is 5.15 Å². The van der Waals surface area contributed by atoms with Crippen LogP contribution in [0.15, 0.2) is 12.3 Å². The topological polar surface area (TPSA) is 73.7 Å². The van der Waals surface area contributed by atoms with Crippen LogP contribution in [-0.4, -0.2) is 51.3 Å². The molecule has 1 aliphatic heterocycles. The van der Waals surface area contributed by atoms with Crippen molar-refractivity contribution in [3.63, 3.8) is 0 Å². The highest BCUT2D eigenvalue weighted by Gasteiger charge is 2.33. The Morgan fingerprint density at radius 3 is 2.65 bits per heavy atom. The minimum Gasteiger partial charge on any atom is -0.388 e. The Hall–Kier alpha value is -1.24. The first-order valence-electron chi connectivity index (χ1n) is 4.95. The van der Waals surface area contributed by atoms with E-state index in [2.05, 4.69) is 4.98 Å². The second kappa shape index (κ2) is 4.56. The van der Waals surface area contributed by atoms with Gasteiger partial charge in [0.1, 0.15) is 11.0 Å². The van der Waals surface area contributed by atoms with E-state index in [0.29, 0.717) is 0 Å². The number of hydrogen-bond acceptors (Lipinski definition) is 4. The van der Waals surface area contributed by atoms with E-state index in [1.807, 2.05) is 0 Å². The van der Waals surface area contributed by atoms with Crippen molar-refractivity contribution in [2.45, 2.75) is 12.2 Å². The summed E-state index contributed by atoms with van der Waals surface area (Å²) in [5.41, 5.74) is -0.0760. The fraction of sp³-hybridized carbons (Fsp3) is 0.400. The van der Waals surface area contributed by atoms with Crippen LogP contribution in [0.5, 0.6) is 0 Å². The third kappa shape index (κ3) is 2.38. The smallest absolute Gasteiger partial charge is 0.257 e. The Morgan fingerprint density at radius 1 is 1.47 bits per heavy atom. The molecule has 92 valence electrons. The molecule has 7 heteroatoms. The molecule has 0 spiro atoms. The predicted octanol–water partition coefficient (Wildman–Crippen LogP) is 0.0517. The largest absolute Gasteiger partial charge is 0.388 e. The molecular formula is C10H10ClFN2O3. The number of carbonyl (C=O) groups is 1. The molecule has 1 aromatic rings. The molecule has 5 nitrogen and oxygen atoms in total. The summed E-state index contributed by atoms with van der Waals surface area (Å²) in [7, 11) is 0. The van der Waals surface area contributed by atoms with Gasteiger partial charge in [-0.3, -0.25) is 4.79 Å². The molecule has 2 heterocycles. The van der Waals surface area contributed by atoms with Crippen LogP contribution < -0.4 is 0 Å². The number of aliphatic hydroxyl groups is 2. The molecule has 1 fully saturated rings. The number of aromatic nitrogens is 1. The van der Waals surface area contributed by atoms with E-state index in [1.165, 1.54) is 4.90 Å². The molecule has 0 bridgehead atoms. The van der Waals surface area contributed by atoms with Crippen molar-refractivity contribution in [3.05, 3.63) is 28.8 Å². The van der Waals surface area contributed by atoms with E-state index in [0.717, 1.165) is 12.3 Å². The molecule has 1 aromatic heterocycles. The SMILES string of the molecule is O=C(c1cc(F)cnc1Cl)N1C[C@@H](O)[C@@H](O)C1. The van der Waals surface area contributed by atoms with E-state index in [-0.39, 0.29) is 23.8 Å². The van der Waals surface area contributed by atoms with Crippen molar-refractivity contribution in [1.82, 2.24) is 9.88 Å². The normalized spacial score (nSPS) is 24.1. The molecule has 2 N–H and O–H groups in total. The maximum atomic E-state index is 13.0. The van der Waals surface area contributed by atoms with Crippen LogP contribution in [-0.2, 0) is 0 Å². The second-order valence-electron chi connectivity index (χ2n) is 3.84. The number of β-amino-alcohol motifs (C(OH)–C–C–N with tert-alkyl or cyclic N) is 2. The average Bonchev–Trinajstić information content (AvgIpc) is 2.62. The Kier molecular flexibility index (Phi) is 3.28. The van der Waals surface area contributed by atoms with E-state index in [4.69, 9.17) is 11.6 Å². The molecular weight excluding hydrogens is 251 g/mol. The number of pyridine rings is 1. The molecule has 2 rings (SSSR count). The number of amides is 1. The Morgan fingerprint density at radius 2 is 2.06 bits per heavy atom. The highest BCUT2D eigenvalue weighted by atomic mass is 35.5. The van der Waals surface area contributed by atoms with Crippen molar-refractivity contribution >= 4 is 17.5 Å². The number of halogens is 2. The summed E-state index contributed by atoms with van der Waals surface area (Å²) < 4.78 is 13.0. The van der Waals surface area contributed by atoms with Crippen LogP contribution in [0.1, 0.15) is 10.4 Å². The van der Waals surface area contributed by atoms with Gasteiger partial charge in [0, 0.05) is 13.1 Å². The maximum Gasteiger partial charge on any atom is 0.257 e. The van der Waals surface area contributed by atoms with Gasteiger partial charge in [0.15, 0.2) is 0 Å². The Bertz CT molecular complexity index is 447. The fourth-order valence-electron chi connectivity index (χ4n) is 1.68. The van der Waals surface area contributed by atoms with E-state index in [9.17, 15) is 19.4 Å². The molecule has 0 aliphatic carbocycles. The summed E-state index contributed by atoms with van der Waals surface area (Å²) in [5.74, 6) is -1.23. The predicted molar refractivity (Wildman–Crippen MR) is 57.1 cm³/mol. The zero-order valence-electron chi connectivity index (χ0n) is 8.68. The highest BCUT2D eigenvalue weighted by Crippen LogP contribution is 2.19. The standard InChI is InChI=1S/C10H10ClFN2O3/c11-9-6(1-5(12)2-13-9)10(17)14-3-7(15)8(16)4-14/h1-2,7-8,15-16H,3-4H2/t7-,8+. The molecule has 2 atom stereocenters. The lowest BCUT2D eigenvalue weighted by Gasteiger charge is -2.15. The second-order valence-corrected chi connectivity index (χ2v) is 4.19. The minimum absolute atomic E-state index is 0.00710. The number of carbonyl (C=O) groups excluding carboxylic acids is 1. The number of nitrogens with zero attached hydrogens (tertiary/aromatic N) is 2. The van der Waals surface area contributed by atoms with Crippen molar-refractivity contribution in [3.8, 4) is 0 Å². The van der Waals surface area contributed by atoms with Crippen LogP contribution in [0.3, 0.4) is 0 Å². The highest BCUT2D eigenvalue weighted by molar-refractivity contribution is 6.32. The molecule has 0 saturated carbocycles. The van der Waals surface area contributed by atoms with E-state index >= 15 is 0 Å². The van der Waals surface area contributed by atoms with Crippen LogP contribution in [0.25, 0.3) is 0 Å². The fourth-order valence-corrected chi connectivity index (χ4v) is 1.86. The minimum atomic E-state index is -0.987. The third-order valence-corrected chi connectivity index (χ3v) is 2.88. The van der Waals surface area contributed by atoms with Crippen LogP contribution >= 0.6 is 11.6 Å². The van der Waals surface area contributed by atoms with E-state index in [1.54, 1.807) is 0 Å². The van der Waals surface area contributed by atoms with Gasteiger partial charge in [0.05, 0.1) is 24.0 Å². The van der Waals surface area contributed by atoms with Gasteiger partial charge >= 0.3 is 0 Å². The monoisotopic (exact) mass is 260 g/mol. The molecule has 1 aliphatic rings. The van der Waals surface area contributed by atoms with Gasteiger partial charge in [0.25, 0.3) is 5.91 Å². The number of aliphatic hydroxyl groups excluding tert-OH is 2. The summed E-state index contributed by atoms with van der Waals surface area (Å²) in [6.07, 6.45) is -1.06. The summed E-state index contributed by atoms with van der Waals surface area (Å²) >= 11 is 5.69. The summed E-state index contributed by atoms with van der Waals surface area (Å²) in [6.45, 7) is -0.0142. The summed E-state index contributed by atoms with van der Waals surface area (Å²) in [5, 5.41) is 18.5. The van der Waals surface area contributed by atoms with E-state index < -0.39 is 23.9 Å². The van der Waals surface area contributed by atoms with Crippen molar-refractivity contribution in [2.24, 2.45) is 0 Å². The van der Waals surface area contributed by atoms with Crippen LogP contribution in [0, 0.1) is 5.82 Å². The Balaban J connectivity index is 2.23. The van der Waals surface area contributed by atoms with Gasteiger partial charge in [-0.25, -0.2) is 9.37 Å². The van der Waals surface area contributed by atoms with Gasteiger partial charge in [-0.05, 0) is 6.07 Å². The lowest BCUT2D eigenvalue weighted by molar-refractivity contribution is 0.0572. The number of likely N-dealkylation sites (tertiary alicyclic amines) is 1. The maximum absolute atomic E-state index is 13.0. The molecule has 0 unspecified atom stereocenters. The molecule has 0 aromatic carbocycles. The quantitative estimate of drug-likeness (QED) is 0.700. The van der Waals surface area contributed by atoms with Gasteiger partial charge in [-0.15, -0.1) is 0 Å². The van der Waals surface area contributed by atoms with Crippen molar-refractivity contribution < 1.29 is 19.4 Å². The Labute approximate surface area is 101 Å². The first-order valence-corrected chi connectivity index (χ1v) is 5.33. The molecule has 0 radical (unpaired) electrons. The summed E-state index contributed by atoms with van der Waals surface area (Å²) in [4.78, 5) is 16.7. The lowest BCUT2D eigenvalue weighted by Crippen LogP contribution is -2.30. The molecule has 1 amide bonds. The first kappa shape index (κ1) is 12.2. The summed E-state index contributed by atoms with van der Waals surface area (Å²) in [6, 6.07) is 0.981. The number of rotatable bonds is 1. The van der Waals surface area contributed by atoms with Gasteiger partial charge in [-0.2, -0.15) is 0 Å². The molecule has 17 heavy (non-hydrogen) atoms. The van der Waals surface area contributed by atoms with Crippen molar-refractivity contribution in [2.75, 3.05) is 13.1 Å².